The maximum atomic E-state index is 5.82. The van der Waals surface area contributed by atoms with Crippen LogP contribution in [0, 0.1) is 0 Å². The second-order valence-electron chi connectivity index (χ2n) is 5.69. The molecule has 0 fully saturated rings. The molecule has 0 aliphatic heterocycles. The SMILES string of the molecule is c1ccc(-c2nc(Sc3nnc(-c4cccs4)o3)c3ccccc3n2)cc1. The molecule has 0 amide bonds. The summed E-state index contributed by atoms with van der Waals surface area (Å²) in [7, 11) is 0. The number of thiophene rings is 1. The molecule has 0 spiro atoms. The number of hydrogen-bond acceptors (Lipinski definition) is 7. The van der Waals surface area contributed by atoms with Crippen molar-refractivity contribution < 1.29 is 4.42 Å². The van der Waals surface area contributed by atoms with Gasteiger partial charge in [-0.15, -0.1) is 21.5 Å². The Hall–Kier alpha value is -3.03. The molecule has 0 radical (unpaired) electrons. The van der Waals surface area contributed by atoms with E-state index in [-0.39, 0.29) is 0 Å². The van der Waals surface area contributed by atoms with Crippen LogP contribution in [0.1, 0.15) is 0 Å². The van der Waals surface area contributed by atoms with Crippen LogP contribution in [0.3, 0.4) is 0 Å². The molecule has 0 aliphatic rings. The highest BCUT2D eigenvalue weighted by Crippen LogP contribution is 2.34. The van der Waals surface area contributed by atoms with Crippen molar-refractivity contribution in [2.24, 2.45) is 0 Å². The lowest BCUT2D eigenvalue weighted by Crippen LogP contribution is -1.93. The third-order valence-electron chi connectivity index (χ3n) is 3.92. The molecule has 0 saturated heterocycles. The van der Waals surface area contributed by atoms with Crippen molar-refractivity contribution >= 4 is 34.0 Å². The lowest BCUT2D eigenvalue weighted by Gasteiger charge is -2.06. The van der Waals surface area contributed by atoms with Gasteiger partial charge in [0.05, 0.1) is 10.4 Å². The molecule has 2 aromatic carbocycles. The van der Waals surface area contributed by atoms with Gasteiger partial charge in [-0.3, -0.25) is 0 Å². The molecule has 0 unspecified atom stereocenters. The van der Waals surface area contributed by atoms with Gasteiger partial charge in [0.2, 0.25) is 0 Å². The number of benzene rings is 2. The summed E-state index contributed by atoms with van der Waals surface area (Å²) in [5, 5.41) is 12.5. The largest absolute Gasteiger partial charge is 0.410 e. The van der Waals surface area contributed by atoms with Gasteiger partial charge in [0, 0.05) is 10.9 Å². The standard InChI is InChI=1S/C20H12N4OS2/c1-2-7-13(8-3-1)17-21-15-10-5-4-9-14(15)19(22-17)27-20-24-23-18(25-20)16-11-6-12-26-16/h1-12H. The lowest BCUT2D eigenvalue weighted by molar-refractivity contribution is 0.466. The molecule has 0 saturated carbocycles. The predicted octanol–water partition coefficient (Wildman–Crippen LogP) is 5.56. The maximum Gasteiger partial charge on any atom is 0.283 e. The molecule has 27 heavy (non-hydrogen) atoms. The number of rotatable bonds is 4. The summed E-state index contributed by atoms with van der Waals surface area (Å²) >= 11 is 2.92. The third kappa shape index (κ3) is 3.22. The second kappa shape index (κ2) is 6.94. The van der Waals surface area contributed by atoms with Crippen molar-refractivity contribution in [3.63, 3.8) is 0 Å². The van der Waals surface area contributed by atoms with Crippen LogP contribution in [0.2, 0.25) is 0 Å². The van der Waals surface area contributed by atoms with Crippen LogP contribution in [0.4, 0.5) is 0 Å². The molecule has 5 rings (SSSR count). The first-order valence-electron chi connectivity index (χ1n) is 8.24. The van der Waals surface area contributed by atoms with Gasteiger partial charge >= 0.3 is 0 Å². The molecule has 0 aliphatic carbocycles. The fourth-order valence-electron chi connectivity index (χ4n) is 2.68. The average molecular weight is 388 g/mol. The summed E-state index contributed by atoms with van der Waals surface area (Å²) in [4.78, 5) is 10.4. The van der Waals surface area contributed by atoms with E-state index in [4.69, 9.17) is 14.4 Å². The molecule has 5 nitrogen and oxygen atoms in total. The van der Waals surface area contributed by atoms with Crippen LogP contribution in [-0.4, -0.2) is 20.2 Å². The van der Waals surface area contributed by atoms with Crippen molar-refractivity contribution in [1.82, 2.24) is 20.2 Å². The average Bonchev–Trinajstić information content (AvgIpc) is 3.40. The topological polar surface area (TPSA) is 64.7 Å². The van der Waals surface area contributed by atoms with Crippen LogP contribution in [0.5, 0.6) is 0 Å². The molecule has 7 heteroatoms. The normalized spacial score (nSPS) is 11.1. The Balaban J connectivity index is 1.58. The van der Waals surface area contributed by atoms with Crippen LogP contribution in [0.25, 0.3) is 33.1 Å². The van der Waals surface area contributed by atoms with Crippen molar-refractivity contribution in [2.45, 2.75) is 10.2 Å². The minimum Gasteiger partial charge on any atom is -0.410 e. The quantitative estimate of drug-likeness (QED) is 0.376. The first-order valence-corrected chi connectivity index (χ1v) is 9.94. The molecule has 0 bridgehead atoms. The molecule has 3 aromatic heterocycles. The first-order chi connectivity index (χ1) is 13.4. The number of nitrogens with zero attached hydrogens (tertiary/aromatic N) is 4. The fraction of sp³-hybridized carbons (Fsp3) is 0. The van der Waals surface area contributed by atoms with Crippen molar-refractivity contribution in [2.75, 3.05) is 0 Å². The van der Waals surface area contributed by atoms with Crippen LogP contribution in [-0.2, 0) is 0 Å². The summed E-state index contributed by atoms with van der Waals surface area (Å²) in [6.45, 7) is 0. The summed E-state index contributed by atoms with van der Waals surface area (Å²) in [5.41, 5.74) is 1.85. The number of fused-ring (bicyclic) bond motifs is 1. The van der Waals surface area contributed by atoms with E-state index in [0.717, 1.165) is 26.4 Å². The smallest absolute Gasteiger partial charge is 0.283 e. The van der Waals surface area contributed by atoms with Gasteiger partial charge in [0.15, 0.2) is 5.82 Å². The molecule has 130 valence electrons. The summed E-state index contributed by atoms with van der Waals surface area (Å²) < 4.78 is 5.82. The number of aromatic nitrogens is 4. The van der Waals surface area contributed by atoms with Crippen LogP contribution in [0.15, 0.2) is 86.8 Å². The molecule has 3 heterocycles. The van der Waals surface area contributed by atoms with Crippen molar-refractivity contribution in [1.29, 1.82) is 0 Å². The Morgan fingerprint density at radius 3 is 2.52 bits per heavy atom. The highest BCUT2D eigenvalue weighted by atomic mass is 32.2. The van der Waals surface area contributed by atoms with Gasteiger partial charge in [0.1, 0.15) is 5.03 Å². The van der Waals surface area contributed by atoms with Crippen molar-refractivity contribution in [3.05, 3.63) is 72.1 Å². The molecule has 5 aromatic rings. The van der Waals surface area contributed by atoms with E-state index in [1.54, 1.807) is 11.3 Å². The van der Waals surface area contributed by atoms with Gasteiger partial charge in [-0.05, 0) is 29.3 Å². The molecular weight excluding hydrogens is 376 g/mol. The van der Waals surface area contributed by atoms with Crippen LogP contribution < -0.4 is 0 Å². The fourth-order valence-corrected chi connectivity index (χ4v) is 4.10. The zero-order chi connectivity index (χ0) is 18.1. The Labute approximate surface area is 163 Å². The van der Waals surface area contributed by atoms with Crippen molar-refractivity contribution in [3.8, 4) is 22.2 Å². The Kier molecular flexibility index (Phi) is 4.16. The Bertz CT molecular complexity index is 1200. The minimum atomic E-state index is 0.460. The maximum absolute atomic E-state index is 5.82. The van der Waals surface area contributed by atoms with Crippen LogP contribution >= 0.6 is 23.1 Å². The minimum absolute atomic E-state index is 0.460. The monoisotopic (exact) mass is 388 g/mol. The van der Waals surface area contributed by atoms with Gasteiger partial charge < -0.3 is 4.42 Å². The van der Waals surface area contributed by atoms with E-state index < -0.39 is 0 Å². The number of hydrogen-bond donors (Lipinski definition) is 0. The Morgan fingerprint density at radius 2 is 1.67 bits per heavy atom. The molecule has 0 N–H and O–H groups in total. The zero-order valence-electron chi connectivity index (χ0n) is 13.9. The number of para-hydroxylation sites is 1. The van der Waals surface area contributed by atoms with E-state index in [9.17, 15) is 0 Å². The first kappa shape index (κ1) is 16.2. The lowest BCUT2D eigenvalue weighted by atomic mass is 10.2. The van der Waals surface area contributed by atoms with Gasteiger partial charge in [-0.2, -0.15) is 0 Å². The van der Waals surface area contributed by atoms with E-state index in [0.29, 0.717) is 16.9 Å². The molecular formula is C20H12N4OS2. The third-order valence-corrected chi connectivity index (χ3v) is 5.62. The van der Waals surface area contributed by atoms with Gasteiger partial charge in [0.25, 0.3) is 11.1 Å². The van der Waals surface area contributed by atoms with E-state index in [1.165, 1.54) is 11.8 Å². The summed E-state index contributed by atoms with van der Waals surface area (Å²) in [5.74, 6) is 1.20. The zero-order valence-corrected chi connectivity index (χ0v) is 15.6. The highest BCUT2D eigenvalue weighted by Gasteiger charge is 2.15. The summed E-state index contributed by atoms with van der Waals surface area (Å²) in [6.07, 6.45) is 0. The van der Waals surface area contributed by atoms with E-state index in [1.807, 2.05) is 72.1 Å². The van der Waals surface area contributed by atoms with Gasteiger partial charge in [-0.1, -0.05) is 54.6 Å². The Morgan fingerprint density at radius 1 is 0.815 bits per heavy atom. The van der Waals surface area contributed by atoms with E-state index in [2.05, 4.69) is 10.2 Å². The predicted molar refractivity (Wildman–Crippen MR) is 107 cm³/mol. The van der Waals surface area contributed by atoms with E-state index >= 15 is 0 Å². The molecule has 0 atom stereocenters. The van der Waals surface area contributed by atoms with Gasteiger partial charge in [-0.25, -0.2) is 9.97 Å². The second-order valence-corrected chi connectivity index (χ2v) is 7.58. The summed E-state index contributed by atoms with van der Waals surface area (Å²) in [6, 6.07) is 21.8. The highest BCUT2D eigenvalue weighted by molar-refractivity contribution is 7.99.